The van der Waals surface area contributed by atoms with Crippen LogP contribution in [0.4, 0.5) is 0 Å². The molecule has 0 radical (unpaired) electrons. The van der Waals surface area contributed by atoms with Crippen molar-refractivity contribution in [2.75, 3.05) is 0 Å². The van der Waals surface area contributed by atoms with E-state index in [2.05, 4.69) is 15.4 Å². The molecule has 0 unspecified atom stereocenters. The van der Waals surface area contributed by atoms with E-state index in [1.165, 1.54) is 0 Å². The first-order valence-electron chi connectivity index (χ1n) is 6.85. The van der Waals surface area contributed by atoms with Crippen molar-refractivity contribution in [3.05, 3.63) is 54.7 Å². The Kier molecular flexibility index (Phi) is 2.69. The molecule has 0 aliphatic heterocycles. The smallest absolute Gasteiger partial charge is 0.117 e. The summed E-state index contributed by atoms with van der Waals surface area (Å²) in [7, 11) is 1.91. The lowest BCUT2D eigenvalue weighted by Crippen LogP contribution is -1.97. The molecule has 6 heteroatoms. The number of hydrogen-bond donors (Lipinski definition) is 1. The minimum atomic E-state index is 0.198. The van der Waals surface area contributed by atoms with E-state index in [1.807, 2.05) is 42.1 Å². The number of rotatable bonds is 2. The maximum Gasteiger partial charge on any atom is 0.117 e. The Hall–Kier alpha value is -3.15. The molecular weight excluding hydrogens is 278 g/mol. The molecule has 2 aromatic heterocycles. The van der Waals surface area contributed by atoms with Gasteiger partial charge in [0.15, 0.2) is 0 Å². The molecule has 0 fully saturated rings. The third-order valence-corrected chi connectivity index (χ3v) is 3.64. The van der Waals surface area contributed by atoms with Crippen LogP contribution in [0.25, 0.3) is 28.0 Å². The molecule has 2 heterocycles. The number of aromatic hydroxyl groups is 1. The summed E-state index contributed by atoms with van der Waals surface area (Å²) < 4.78 is 3.54. The molecule has 0 saturated heterocycles. The van der Waals surface area contributed by atoms with E-state index >= 15 is 0 Å². The highest BCUT2D eigenvalue weighted by Gasteiger charge is 2.10. The molecule has 0 amide bonds. The second-order valence-electron chi connectivity index (χ2n) is 5.06. The Morgan fingerprint density at radius 1 is 1.05 bits per heavy atom. The standard InChI is InChI=1S/C16H13N5O/c1-20-15(7-8-17-20)11-5-6-14-16(9-11)21(19-18-14)12-3-2-4-13(22)10-12/h2-10,22H,1H3. The highest BCUT2D eigenvalue weighted by atomic mass is 16.3. The van der Waals surface area contributed by atoms with Gasteiger partial charge in [-0.3, -0.25) is 4.68 Å². The molecule has 4 rings (SSSR count). The second kappa shape index (κ2) is 4.70. The number of nitrogens with zero attached hydrogens (tertiary/aromatic N) is 5. The van der Waals surface area contributed by atoms with Gasteiger partial charge in [0.1, 0.15) is 11.3 Å². The number of phenolic OH excluding ortho intramolecular Hbond substituents is 1. The van der Waals surface area contributed by atoms with Gasteiger partial charge in [-0.25, -0.2) is 4.68 Å². The summed E-state index contributed by atoms with van der Waals surface area (Å²) in [4.78, 5) is 0. The van der Waals surface area contributed by atoms with Crippen LogP contribution in [-0.2, 0) is 7.05 Å². The number of benzene rings is 2. The summed E-state index contributed by atoms with van der Waals surface area (Å²) in [5, 5.41) is 22.2. The van der Waals surface area contributed by atoms with E-state index in [0.29, 0.717) is 0 Å². The van der Waals surface area contributed by atoms with Crippen molar-refractivity contribution in [2.45, 2.75) is 0 Å². The van der Waals surface area contributed by atoms with Crippen LogP contribution in [0.5, 0.6) is 5.75 Å². The van der Waals surface area contributed by atoms with Gasteiger partial charge in [-0.15, -0.1) is 5.10 Å². The lowest BCUT2D eigenvalue weighted by Gasteiger charge is -2.05. The fraction of sp³-hybridized carbons (Fsp3) is 0.0625. The molecule has 0 aliphatic rings. The molecule has 0 saturated carbocycles. The van der Waals surface area contributed by atoms with Crippen molar-refractivity contribution < 1.29 is 5.11 Å². The van der Waals surface area contributed by atoms with E-state index in [0.717, 1.165) is 28.0 Å². The lowest BCUT2D eigenvalue weighted by molar-refractivity contribution is 0.475. The zero-order valence-electron chi connectivity index (χ0n) is 11.9. The van der Waals surface area contributed by atoms with Crippen molar-refractivity contribution >= 4 is 11.0 Å². The van der Waals surface area contributed by atoms with Gasteiger partial charge >= 0.3 is 0 Å². The van der Waals surface area contributed by atoms with Crippen LogP contribution in [0.3, 0.4) is 0 Å². The maximum atomic E-state index is 9.65. The number of aromatic nitrogens is 5. The summed E-state index contributed by atoms with van der Waals surface area (Å²) in [5.74, 6) is 0.198. The minimum absolute atomic E-state index is 0.198. The van der Waals surface area contributed by atoms with Gasteiger partial charge in [-0.05, 0) is 30.3 Å². The second-order valence-corrected chi connectivity index (χ2v) is 5.06. The van der Waals surface area contributed by atoms with Gasteiger partial charge in [0, 0.05) is 24.9 Å². The predicted molar refractivity (Wildman–Crippen MR) is 82.7 cm³/mol. The van der Waals surface area contributed by atoms with Crippen molar-refractivity contribution in [3.63, 3.8) is 0 Å². The topological polar surface area (TPSA) is 68.8 Å². The largest absolute Gasteiger partial charge is 0.508 e. The summed E-state index contributed by atoms with van der Waals surface area (Å²) in [6.07, 6.45) is 1.77. The fourth-order valence-electron chi connectivity index (χ4n) is 2.55. The van der Waals surface area contributed by atoms with Gasteiger partial charge in [0.25, 0.3) is 0 Å². The SMILES string of the molecule is Cn1nccc1-c1ccc2nnn(-c3cccc(O)c3)c2c1. The molecule has 0 aliphatic carbocycles. The van der Waals surface area contributed by atoms with E-state index in [-0.39, 0.29) is 5.75 Å². The van der Waals surface area contributed by atoms with Crippen LogP contribution < -0.4 is 0 Å². The van der Waals surface area contributed by atoms with Crippen LogP contribution in [0, 0.1) is 0 Å². The number of fused-ring (bicyclic) bond motifs is 1. The van der Waals surface area contributed by atoms with Crippen LogP contribution >= 0.6 is 0 Å². The Morgan fingerprint density at radius 3 is 2.73 bits per heavy atom. The Balaban J connectivity index is 1.92. The van der Waals surface area contributed by atoms with Gasteiger partial charge in [-0.2, -0.15) is 5.10 Å². The first-order chi connectivity index (χ1) is 10.7. The summed E-state index contributed by atoms with van der Waals surface area (Å²) in [5.41, 5.74) is 4.50. The van der Waals surface area contributed by atoms with Crippen molar-refractivity contribution in [2.24, 2.45) is 7.05 Å². The number of phenols is 1. The quantitative estimate of drug-likeness (QED) is 0.616. The molecule has 6 nitrogen and oxygen atoms in total. The van der Waals surface area contributed by atoms with Crippen molar-refractivity contribution in [3.8, 4) is 22.7 Å². The monoisotopic (exact) mass is 291 g/mol. The van der Waals surface area contributed by atoms with Crippen LogP contribution in [0.2, 0.25) is 0 Å². The zero-order valence-corrected chi connectivity index (χ0v) is 11.9. The molecular formula is C16H13N5O. The van der Waals surface area contributed by atoms with Gasteiger partial charge in [0.2, 0.25) is 0 Å². The van der Waals surface area contributed by atoms with E-state index in [1.54, 1.807) is 29.1 Å². The van der Waals surface area contributed by atoms with E-state index in [9.17, 15) is 5.11 Å². The number of aryl methyl sites for hydroxylation is 1. The molecule has 0 spiro atoms. The Morgan fingerprint density at radius 2 is 1.95 bits per heavy atom. The van der Waals surface area contributed by atoms with E-state index < -0.39 is 0 Å². The molecule has 1 N–H and O–H groups in total. The highest BCUT2D eigenvalue weighted by Crippen LogP contribution is 2.25. The molecule has 108 valence electrons. The highest BCUT2D eigenvalue weighted by molar-refractivity contribution is 5.82. The van der Waals surface area contributed by atoms with Crippen LogP contribution in [0.15, 0.2) is 54.7 Å². The fourth-order valence-corrected chi connectivity index (χ4v) is 2.55. The first kappa shape index (κ1) is 12.6. The molecule has 22 heavy (non-hydrogen) atoms. The molecule has 0 bridgehead atoms. The van der Waals surface area contributed by atoms with E-state index in [4.69, 9.17) is 0 Å². The van der Waals surface area contributed by atoms with Crippen LogP contribution in [-0.4, -0.2) is 29.9 Å². The first-order valence-corrected chi connectivity index (χ1v) is 6.85. The Labute approximate surface area is 126 Å². The van der Waals surface area contributed by atoms with Crippen LogP contribution in [0.1, 0.15) is 0 Å². The van der Waals surface area contributed by atoms with Gasteiger partial charge in [0.05, 0.1) is 16.9 Å². The normalized spacial score (nSPS) is 11.1. The third kappa shape index (κ3) is 1.93. The van der Waals surface area contributed by atoms with Gasteiger partial charge < -0.3 is 5.11 Å². The molecule has 4 aromatic rings. The summed E-state index contributed by atoms with van der Waals surface area (Å²) >= 11 is 0. The Bertz CT molecular complexity index is 970. The predicted octanol–water partition coefficient (Wildman–Crippen LogP) is 2.53. The zero-order chi connectivity index (χ0) is 15.1. The third-order valence-electron chi connectivity index (χ3n) is 3.64. The maximum absolute atomic E-state index is 9.65. The van der Waals surface area contributed by atoms with Crippen molar-refractivity contribution in [1.29, 1.82) is 0 Å². The molecule has 2 aromatic carbocycles. The minimum Gasteiger partial charge on any atom is -0.508 e. The van der Waals surface area contributed by atoms with Crippen molar-refractivity contribution in [1.82, 2.24) is 24.8 Å². The molecule has 0 atom stereocenters. The average Bonchev–Trinajstić information content (AvgIpc) is 3.12. The number of hydrogen-bond acceptors (Lipinski definition) is 4. The summed E-state index contributed by atoms with van der Waals surface area (Å²) in [6, 6.07) is 14.9. The average molecular weight is 291 g/mol. The lowest BCUT2D eigenvalue weighted by atomic mass is 10.1. The summed E-state index contributed by atoms with van der Waals surface area (Å²) in [6.45, 7) is 0. The van der Waals surface area contributed by atoms with Gasteiger partial charge in [-0.1, -0.05) is 17.3 Å².